The Morgan fingerprint density at radius 3 is 1.92 bits per heavy atom. The number of anilines is 1. The summed E-state index contributed by atoms with van der Waals surface area (Å²) >= 11 is 4.25. The average molecular weight is 524 g/mol. The average Bonchev–Trinajstić information content (AvgIpc) is 2.75. The maximum atomic E-state index is 12.5. The first-order chi connectivity index (χ1) is 15.9. The van der Waals surface area contributed by atoms with E-state index in [1.165, 1.54) is 12.1 Å². The van der Waals surface area contributed by atoms with Gasteiger partial charge in [0.2, 0.25) is 0 Å². The maximum absolute atomic E-state index is 12.5. The van der Waals surface area contributed by atoms with E-state index >= 15 is 0 Å². The Labute approximate surface area is 218 Å². The lowest BCUT2D eigenvalue weighted by molar-refractivity contribution is -0.115. The largest absolute Gasteiger partial charge is 0.508 e. The first kappa shape index (κ1) is 35.0. The fraction of sp³-hybridized carbons (Fsp3) is 0.400. The summed E-state index contributed by atoms with van der Waals surface area (Å²) < 4.78 is 0. The summed E-state index contributed by atoms with van der Waals surface area (Å²) in [4.78, 5) is 14.3. The fourth-order valence-electron chi connectivity index (χ4n) is 3.02. The molecule has 0 aliphatic carbocycles. The minimum Gasteiger partial charge on any atom is -0.508 e. The van der Waals surface area contributed by atoms with Gasteiger partial charge in [0.05, 0.1) is 5.56 Å². The highest BCUT2D eigenvalue weighted by molar-refractivity contribution is 7.80. The summed E-state index contributed by atoms with van der Waals surface area (Å²) in [6, 6.07) is 9.12. The molecule has 0 aliphatic heterocycles. The van der Waals surface area contributed by atoms with E-state index in [1.54, 1.807) is 38.1 Å². The number of rotatable bonds is 6. The molecule has 0 saturated carbocycles. The molecular weight excluding hydrogens is 482 g/mol. The van der Waals surface area contributed by atoms with Gasteiger partial charge in [-0.15, -0.1) is 12.6 Å². The van der Waals surface area contributed by atoms with Crippen molar-refractivity contribution >= 4 is 35.9 Å². The van der Waals surface area contributed by atoms with Gasteiger partial charge in [0.15, 0.2) is 5.84 Å². The third kappa shape index (κ3) is 9.86. The number of phenolic OH excluding ortho intramolecular Hbond substituents is 2. The van der Waals surface area contributed by atoms with Crippen LogP contribution in [0.15, 0.2) is 41.3 Å². The third-order valence-electron chi connectivity index (χ3n) is 4.71. The van der Waals surface area contributed by atoms with Crippen molar-refractivity contribution in [3.05, 3.63) is 47.5 Å². The topological polar surface area (TPSA) is 196 Å². The highest BCUT2D eigenvalue weighted by atomic mass is 32.1. The summed E-state index contributed by atoms with van der Waals surface area (Å²) in [6.07, 6.45) is 0. The summed E-state index contributed by atoms with van der Waals surface area (Å²) in [6.45, 7) is 13.7. The Morgan fingerprint density at radius 2 is 1.50 bits per heavy atom. The number of carbonyl (C=O) groups excluding carboxylic acids is 1. The number of amidine groups is 2. The van der Waals surface area contributed by atoms with E-state index in [0.717, 1.165) is 18.0 Å². The van der Waals surface area contributed by atoms with E-state index in [1.807, 2.05) is 13.8 Å². The number of amides is 1. The van der Waals surface area contributed by atoms with Crippen LogP contribution in [0.3, 0.4) is 0 Å². The van der Waals surface area contributed by atoms with Crippen LogP contribution in [0.4, 0.5) is 5.69 Å². The zero-order valence-electron chi connectivity index (χ0n) is 21.7. The van der Waals surface area contributed by atoms with Crippen LogP contribution in [-0.4, -0.2) is 57.9 Å². The van der Waals surface area contributed by atoms with Gasteiger partial charge in [0.25, 0.3) is 5.91 Å². The Balaban J connectivity index is 0. The molecule has 0 unspecified atom stereocenters. The van der Waals surface area contributed by atoms with E-state index in [4.69, 9.17) is 10.8 Å². The van der Waals surface area contributed by atoms with Crippen molar-refractivity contribution < 1.29 is 26.0 Å². The van der Waals surface area contributed by atoms with Crippen molar-refractivity contribution in [3.8, 4) is 11.5 Å². The molecule has 0 aromatic heterocycles. The van der Waals surface area contributed by atoms with Crippen LogP contribution < -0.4 is 15.5 Å². The van der Waals surface area contributed by atoms with Crippen molar-refractivity contribution in [3.63, 3.8) is 0 Å². The molecule has 0 saturated heterocycles. The van der Waals surface area contributed by atoms with Gasteiger partial charge in [-0.05, 0) is 68.8 Å². The van der Waals surface area contributed by atoms with Gasteiger partial charge >= 0.3 is 0 Å². The number of hydrogen-bond acceptors (Lipinski definition) is 7. The van der Waals surface area contributed by atoms with Crippen LogP contribution in [0.25, 0.3) is 0 Å². The highest BCUT2D eigenvalue weighted by Crippen LogP contribution is 2.33. The molecule has 10 nitrogen and oxygen atoms in total. The van der Waals surface area contributed by atoms with Crippen molar-refractivity contribution in [1.29, 1.82) is 10.8 Å². The van der Waals surface area contributed by atoms with E-state index < -0.39 is 11.7 Å². The summed E-state index contributed by atoms with van der Waals surface area (Å²) in [5.41, 5.74) is 1.05. The second kappa shape index (κ2) is 16.5. The van der Waals surface area contributed by atoms with Gasteiger partial charge in [-0.3, -0.25) is 20.5 Å². The first-order valence-electron chi connectivity index (χ1n) is 11.3. The number of carbonyl (C=O) groups is 1. The summed E-state index contributed by atoms with van der Waals surface area (Å²) in [7, 11) is 0. The van der Waals surface area contributed by atoms with Crippen molar-refractivity contribution in [2.75, 3.05) is 18.0 Å². The smallest absolute Gasteiger partial charge is 0.287 e. The molecule has 0 radical (unpaired) electrons. The lowest BCUT2D eigenvalue weighted by Crippen LogP contribution is -2.47. The zero-order valence-corrected chi connectivity index (χ0v) is 22.6. The van der Waals surface area contributed by atoms with Gasteiger partial charge in [0.1, 0.15) is 17.3 Å². The minimum absolute atomic E-state index is 0. The fourth-order valence-corrected chi connectivity index (χ4v) is 3.17. The molecule has 202 valence electrons. The Hall–Kier alpha value is -3.12. The molecule has 2 rings (SSSR count). The number of benzene rings is 2. The lowest BCUT2D eigenvalue weighted by atomic mass is 9.98. The molecule has 11 heteroatoms. The van der Waals surface area contributed by atoms with Crippen LogP contribution in [0.5, 0.6) is 11.5 Å². The van der Waals surface area contributed by atoms with E-state index in [2.05, 4.69) is 37.1 Å². The summed E-state index contributed by atoms with van der Waals surface area (Å²) in [5.74, 6) is -1.82. The van der Waals surface area contributed by atoms with Crippen molar-refractivity contribution in [2.24, 2.45) is 0 Å². The van der Waals surface area contributed by atoms with Crippen LogP contribution >= 0.6 is 12.6 Å². The highest BCUT2D eigenvalue weighted by Gasteiger charge is 2.27. The number of hydrogen-bond donors (Lipinski definition) is 7. The van der Waals surface area contributed by atoms with Crippen LogP contribution in [-0.2, 0) is 4.79 Å². The van der Waals surface area contributed by atoms with Crippen LogP contribution in [0.2, 0.25) is 0 Å². The van der Waals surface area contributed by atoms with Gasteiger partial charge in [-0.25, -0.2) is 0 Å². The molecule has 36 heavy (non-hydrogen) atoms. The molecular formula is C25H41N5O5S. The first-order valence-corrected chi connectivity index (χ1v) is 11.7. The molecule has 1 amide bonds. The predicted octanol–water partition coefficient (Wildman–Crippen LogP) is 2.81. The molecule has 10 N–H and O–H groups in total. The maximum Gasteiger partial charge on any atom is 0.287 e. The molecule has 2 aromatic carbocycles. The van der Waals surface area contributed by atoms with E-state index in [9.17, 15) is 15.0 Å². The van der Waals surface area contributed by atoms with Crippen molar-refractivity contribution in [2.45, 2.75) is 58.4 Å². The number of nitrogens with zero attached hydrogens (tertiary/aromatic N) is 1. The van der Waals surface area contributed by atoms with E-state index in [0.29, 0.717) is 16.1 Å². The zero-order chi connectivity index (χ0) is 26.0. The van der Waals surface area contributed by atoms with Crippen LogP contribution in [0.1, 0.15) is 58.6 Å². The standard InChI is InChI=1S/C21H26N4O3S.C4H11N.2H2O/c1-11(2)15-9-16(18(27)10-17(15)26)19(22)25(13-5-7-14(29)8-6-13)20(23)21(28)24-12(3)4;1-3-5-4-2;;/h5-12,22-23,26-27,29H,1-4H3,(H,24,28);5H,3-4H2,1-2H3;2*1H2. The van der Waals surface area contributed by atoms with Gasteiger partial charge in [-0.1, -0.05) is 27.7 Å². The Bertz CT molecular complexity index is 995. The Kier molecular flexibility index (Phi) is 16.1. The molecule has 0 spiro atoms. The number of aromatic hydroxyl groups is 2. The number of nitrogens with one attached hydrogen (secondary N) is 4. The van der Waals surface area contributed by atoms with Gasteiger partial charge in [0, 0.05) is 22.7 Å². The predicted molar refractivity (Wildman–Crippen MR) is 149 cm³/mol. The monoisotopic (exact) mass is 523 g/mol. The summed E-state index contributed by atoms with van der Waals surface area (Å²) in [5, 5.41) is 43.3. The Morgan fingerprint density at radius 1 is 0.972 bits per heavy atom. The molecule has 0 aliphatic rings. The quantitative estimate of drug-likeness (QED) is 0.173. The van der Waals surface area contributed by atoms with Crippen LogP contribution in [0, 0.1) is 10.8 Å². The third-order valence-corrected chi connectivity index (χ3v) is 5.01. The van der Waals surface area contributed by atoms with Gasteiger partial charge < -0.3 is 31.8 Å². The molecule has 0 atom stereocenters. The molecule has 0 fully saturated rings. The normalized spacial score (nSPS) is 9.92. The molecule has 0 bridgehead atoms. The molecule has 2 aromatic rings. The SMILES string of the molecule is CC(C)NC(=O)C(=N)N(C(=N)c1cc(C(C)C)c(O)cc1O)c1ccc(S)cc1.CCNCC.O.O. The molecule has 0 heterocycles. The number of thiol groups is 1. The number of phenols is 2. The van der Waals surface area contributed by atoms with E-state index in [-0.39, 0.29) is 45.8 Å². The van der Waals surface area contributed by atoms with Crippen molar-refractivity contribution in [1.82, 2.24) is 10.6 Å². The second-order valence-electron chi connectivity index (χ2n) is 8.22. The van der Waals surface area contributed by atoms with Gasteiger partial charge in [-0.2, -0.15) is 0 Å². The second-order valence-corrected chi connectivity index (χ2v) is 8.73. The lowest BCUT2D eigenvalue weighted by Gasteiger charge is -2.26. The minimum atomic E-state index is -0.651.